The number of rotatable bonds is 9. The minimum atomic E-state index is -0.155. The molecular weight excluding hydrogens is 176 g/mol. The van der Waals surface area contributed by atoms with Gasteiger partial charge in [-0.2, -0.15) is 0 Å². The second-order valence-electron chi connectivity index (χ2n) is 3.91. The van der Waals surface area contributed by atoms with Gasteiger partial charge in [-0.1, -0.05) is 33.1 Å². The van der Waals surface area contributed by atoms with Crippen molar-refractivity contribution in [3.63, 3.8) is 0 Å². The van der Waals surface area contributed by atoms with Crippen LogP contribution in [0.5, 0.6) is 0 Å². The van der Waals surface area contributed by atoms with Crippen molar-refractivity contribution in [3.05, 3.63) is 0 Å². The quantitative estimate of drug-likeness (QED) is 0.393. The van der Waals surface area contributed by atoms with Gasteiger partial charge < -0.3 is 16.2 Å². The van der Waals surface area contributed by atoms with Crippen LogP contribution in [-0.4, -0.2) is 23.9 Å². The average molecular weight is 202 g/mol. The molecule has 3 heteroatoms. The second kappa shape index (κ2) is 9.44. The summed E-state index contributed by atoms with van der Waals surface area (Å²) in [4.78, 5) is 0. The third-order valence-electron chi connectivity index (χ3n) is 2.46. The van der Waals surface area contributed by atoms with Crippen molar-refractivity contribution < 1.29 is 5.11 Å². The highest BCUT2D eigenvalue weighted by atomic mass is 16.3. The molecule has 0 bridgehead atoms. The Bertz CT molecular complexity index is 120. The van der Waals surface area contributed by atoms with Crippen molar-refractivity contribution in [1.29, 1.82) is 0 Å². The summed E-state index contributed by atoms with van der Waals surface area (Å²) in [6.45, 7) is 5.05. The summed E-state index contributed by atoms with van der Waals surface area (Å²) in [7, 11) is 0. The Balaban J connectivity index is 3.21. The SMILES string of the molecule is CCCCCC(O)CCNC(N)CC. The molecule has 0 aromatic carbocycles. The van der Waals surface area contributed by atoms with E-state index in [2.05, 4.69) is 19.2 Å². The Morgan fingerprint density at radius 3 is 2.50 bits per heavy atom. The first kappa shape index (κ1) is 13.9. The third kappa shape index (κ3) is 8.48. The molecule has 0 aromatic heterocycles. The molecule has 3 nitrogen and oxygen atoms in total. The molecule has 0 saturated heterocycles. The van der Waals surface area contributed by atoms with E-state index >= 15 is 0 Å². The molecule has 0 rings (SSSR count). The summed E-state index contributed by atoms with van der Waals surface area (Å²) >= 11 is 0. The fraction of sp³-hybridized carbons (Fsp3) is 1.00. The largest absolute Gasteiger partial charge is 0.393 e. The van der Waals surface area contributed by atoms with E-state index in [1.54, 1.807) is 0 Å². The minimum absolute atomic E-state index is 0.0813. The maximum Gasteiger partial charge on any atom is 0.0552 e. The normalized spacial score (nSPS) is 15.4. The maximum atomic E-state index is 9.58. The van der Waals surface area contributed by atoms with Crippen LogP contribution in [0.1, 0.15) is 52.4 Å². The molecule has 0 aliphatic rings. The monoisotopic (exact) mass is 202 g/mol. The molecule has 2 atom stereocenters. The van der Waals surface area contributed by atoms with Crippen molar-refractivity contribution in [3.8, 4) is 0 Å². The van der Waals surface area contributed by atoms with Crippen LogP contribution in [0.2, 0.25) is 0 Å². The van der Waals surface area contributed by atoms with Crippen molar-refractivity contribution in [1.82, 2.24) is 5.32 Å². The van der Waals surface area contributed by atoms with Gasteiger partial charge in [0.15, 0.2) is 0 Å². The van der Waals surface area contributed by atoms with Gasteiger partial charge in [0.05, 0.1) is 12.3 Å². The fourth-order valence-electron chi connectivity index (χ4n) is 1.35. The lowest BCUT2D eigenvalue weighted by Gasteiger charge is -2.14. The Hall–Kier alpha value is -0.120. The molecule has 14 heavy (non-hydrogen) atoms. The maximum absolute atomic E-state index is 9.58. The van der Waals surface area contributed by atoms with Gasteiger partial charge in [-0.05, 0) is 25.8 Å². The zero-order valence-corrected chi connectivity index (χ0v) is 9.63. The molecule has 0 heterocycles. The van der Waals surface area contributed by atoms with Gasteiger partial charge in [-0.3, -0.25) is 0 Å². The van der Waals surface area contributed by atoms with Gasteiger partial charge in [0.25, 0.3) is 0 Å². The van der Waals surface area contributed by atoms with Crippen LogP contribution < -0.4 is 11.1 Å². The topological polar surface area (TPSA) is 58.3 Å². The van der Waals surface area contributed by atoms with Crippen molar-refractivity contribution in [2.75, 3.05) is 6.54 Å². The number of hydrogen-bond donors (Lipinski definition) is 3. The summed E-state index contributed by atoms with van der Waals surface area (Å²) in [5.74, 6) is 0. The molecular formula is C11H26N2O. The van der Waals surface area contributed by atoms with Crippen LogP contribution in [0.3, 0.4) is 0 Å². The van der Waals surface area contributed by atoms with Crippen LogP contribution in [0.4, 0.5) is 0 Å². The summed E-state index contributed by atoms with van der Waals surface area (Å²) in [6, 6.07) is 0. The lowest BCUT2D eigenvalue weighted by Crippen LogP contribution is -2.38. The number of hydrogen-bond acceptors (Lipinski definition) is 3. The first-order valence-electron chi connectivity index (χ1n) is 5.87. The van der Waals surface area contributed by atoms with Crippen LogP contribution in [0.25, 0.3) is 0 Å². The number of nitrogens with two attached hydrogens (primary N) is 1. The van der Waals surface area contributed by atoms with Gasteiger partial charge in [0.1, 0.15) is 0 Å². The minimum Gasteiger partial charge on any atom is -0.393 e. The van der Waals surface area contributed by atoms with Gasteiger partial charge in [0, 0.05) is 0 Å². The summed E-state index contributed by atoms with van der Waals surface area (Å²) in [5, 5.41) is 12.8. The number of aliphatic hydroxyl groups excluding tert-OH is 1. The van der Waals surface area contributed by atoms with Gasteiger partial charge in [-0.15, -0.1) is 0 Å². The van der Waals surface area contributed by atoms with Crippen LogP contribution >= 0.6 is 0 Å². The fourth-order valence-corrected chi connectivity index (χ4v) is 1.35. The third-order valence-corrected chi connectivity index (χ3v) is 2.46. The summed E-state index contributed by atoms with van der Waals surface area (Å²) in [5.41, 5.74) is 5.69. The number of aliphatic hydroxyl groups is 1. The Kier molecular flexibility index (Phi) is 9.35. The molecule has 0 radical (unpaired) electrons. The molecule has 86 valence electrons. The van der Waals surface area contributed by atoms with E-state index in [4.69, 9.17) is 5.73 Å². The van der Waals surface area contributed by atoms with Crippen LogP contribution in [0.15, 0.2) is 0 Å². The van der Waals surface area contributed by atoms with Crippen molar-refractivity contribution in [2.45, 2.75) is 64.6 Å². The van der Waals surface area contributed by atoms with E-state index < -0.39 is 0 Å². The first-order valence-corrected chi connectivity index (χ1v) is 5.87. The lowest BCUT2D eigenvalue weighted by atomic mass is 10.1. The van der Waals surface area contributed by atoms with Crippen molar-refractivity contribution >= 4 is 0 Å². The highest BCUT2D eigenvalue weighted by Gasteiger charge is 2.04. The predicted octanol–water partition coefficient (Wildman–Crippen LogP) is 1.60. The van der Waals surface area contributed by atoms with Crippen molar-refractivity contribution in [2.24, 2.45) is 5.73 Å². The Labute approximate surface area is 88.1 Å². The molecule has 0 aliphatic heterocycles. The molecule has 0 spiro atoms. The van der Waals surface area contributed by atoms with Crippen LogP contribution in [0, 0.1) is 0 Å². The zero-order valence-electron chi connectivity index (χ0n) is 9.63. The van der Waals surface area contributed by atoms with E-state index in [1.165, 1.54) is 12.8 Å². The molecule has 0 aromatic rings. The van der Waals surface area contributed by atoms with E-state index in [9.17, 15) is 5.11 Å². The Morgan fingerprint density at radius 1 is 1.21 bits per heavy atom. The lowest BCUT2D eigenvalue weighted by molar-refractivity contribution is 0.149. The molecule has 0 saturated carbocycles. The van der Waals surface area contributed by atoms with E-state index in [1.807, 2.05) is 0 Å². The van der Waals surface area contributed by atoms with E-state index in [-0.39, 0.29) is 12.3 Å². The summed E-state index contributed by atoms with van der Waals surface area (Å²) < 4.78 is 0. The average Bonchev–Trinajstić information content (AvgIpc) is 2.18. The highest BCUT2D eigenvalue weighted by molar-refractivity contribution is 4.61. The Morgan fingerprint density at radius 2 is 1.93 bits per heavy atom. The molecule has 0 fully saturated rings. The zero-order chi connectivity index (χ0) is 10.8. The molecule has 4 N–H and O–H groups in total. The number of nitrogens with one attached hydrogen (secondary N) is 1. The first-order chi connectivity index (χ1) is 6.70. The molecule has 0 amide bonds. The molecule has 2 unspecified atom stereocenters. The number of unbranched alkanes of at least 4 members (excludes halogenated alkanes) is 2. The van der Waals surface area contributed by atoms with Gasteiger partial charge >= 0.3 is 0 Å². The van der Waals surface area contributed by atoms with E-state index in [0.29, 0.717) is 0 Å². The smallest absolute Gasteiger partial charge is 0.0552 e. The second-order valence-corrected chi connectivity index (χ2v) is 3.91. The van der Waals surface area contributed by atoms with Crippen LogP contribution in [-0.2, 0) is 0 Å². The molecule has 0 aliphatic carbocycles. The van der Waals surface area contributed by atoms with E-state index in [0.717, 1.165) is 32.2 Å². The van der Waals surface area contributed by atoms with Gasteiger partial charge in [-0.25, -0.2) is 0 Å². The standard InChI is InChI=1S/C11H26N2O/c1-3-5-6-7-10(14)8-9-13-11(12)4-2/h10-11,13-14H,3-9,12H2,1-2H3. The van der Waals surface area contributed by atoms with Gasteiger partial charge in [0.2, 0.25) is 0 Å². The predicted molar refractivity (Wildman–Crippen MR) is 61.0 cm³/mol. The highest BCUT2D eigenvalue weighted by Crippen LogP contribution is 2.05. The summed E-state index contributed by atoms with van der Waals surface area (Å²) in [6.07, 6.45) is 6.18.